The van der Waals surface area contributed by atoms with Crippen LogP contribution in [0.25, 0.3) is 10.9 Å². The third kappa shape index (κ3) is 2.23. The molecule has 0 radical (unpaired) electrons. The summed E-state index contributed by atoms with van der Waals surface area (Å²) in [5.74, 6) is 0.561. The van der Waals surface area contributed by atoms with Gasteiger partial charge < -0.3 is 9.72 Å². The van der Waals surface area contributed by atoms with Gasteiger partial charge in [-0.15, -0.1) is 0 Å². The van der Waals surface area contributed by atoms with Crippen molar-refractivity contribution in [3.05, 3.63) is 39.1 Å². The largest absolute Gasteiger partial charge is 0.495 e. The zero-order valence-corrected chi connectivity index (χ0v) is 11.7. The molecule has 0 atom stereocenters. The zero-order valence-electron chi connectivity index (χ0n) is 10.9. The highest BCUT2D eigenvalue weighted by Crippen LogP contribution is 2.29. The molecule has 96 valence electrons. The molecule has 0 bridgehead atoms. The molecular formula is C14H16ClNO2. The summed E-state index contributed by atoms with van der Waals surface area (Å²) < 4.78 is 5.16. The van der Waals surface area contributed by atoms with Crippen LogP contribution in [0, 0.1) is 0 Å². The predicted octanol–water partition coefficient (Wildman–Crippen LogP) is 3.49. The van der Waals surface area contributed by atoms with Crippen molar-refractivity contribution in [2.24, 2.45) is 0 Å². The maximum atomic E-state index is 12.1. The Morgan fingerprint density at radius 1 is 1.22 bits per heavy atom. The molecule has 4 heteroatoms. The molecule has 0 amide bonds. The maximum absolute atomic E-state index is 12.1. The van der Waals surface area contributed by atoms with E-state index in [1.165, 1.54) is 0 Å². The van der Waals surface area contributed by atoms with Gasteiger partial charge in [0.25, 0.3) is 0 Å². The summed E-state index contributed by atoms with van der Waals surface area (Å²) in [6.45, 7) is 6.16. The molecule has 0 fully saturated rings. The van der Waals surface area contributed by atoms with E-state index in [9.17, 15) is 4.79 Å². The molecule has 3 nitrogen and oxygen atoms in total. The van der Waals surface area contributed by atoms with Gasteiger partial charge in [-0.05, 0) is 6.07 Å². The number of ether oxygens (including phenoxy) is 1. The van der Waals surface area contributed by atoms with Gasteiger partial charge in [-0.1, -0.05) is 32.4 Å². The number of H-pyrrole nitrogens is 1. The third-order valence-corrected chi connectivity index (χ3v) is 3.21. The number of halogens is 1. The third-order valence-electron chi connectivity index (χ3n) is 2.91. The van der Waals surface area contributed by atoms with E-state index in [1.54, 1.807) is 25.3 Å². The van der Waals surface area contributed by atoms with E-state index >= 15 is 0 Å². The Labute approximate surface area is 111 Å². The Hall–Kier alpha value is -1.48. The summed E-state index contributed by atoms with van der Waals surface area (Å²) in [6, 6.07) is 5.03. The van der Waals surface area contributed by atoms with E-state index in [4.69, 9.17) is 16.3 Å². The van der Waals surface area contributed by atoms with Crippen molar-refractivity contribution in [2.75, 3.05) is 7.11 Å². The van der Waals surface area contributed by atoms with Crippen LogP contribution in [0.3, 0.4) is 0 Å². The monoisotopic (exact) mass is 265 g/mol. The molecule has 1 heterocycles. The Bertz CT molecular complexity index is 653. The minimum atomic E-state index is -0.111. The lowest BCUT2D eigenvalue weighted by atomic mass is 9.91. The number of hydrogen-bond donors (Lipinski definition) is 1. The van der Waals surface area contributed by atoms with Crippen LogP contribution in [0.2, 0.25) is 5.02 Å². The average molecular weight is 266 g/mol. The van der Waals surface area contributed by atoms with Crippen LogP contribution in [0.15, 0.2) is 23.0 Å². The van der Waals surface area contributed by atoms with Crippen molar-refractivity contribution in [2.45, 2.75) is 26.2 Å². The van der Waals surface area contributed by atoms with Gasteiger partial charge in [-0.3, -0.25) is 4.79 Å². The maximum Gasteiger partial charge on any atom is 0.189 e. The Balaban J connectivity index is 2.80. The van der Waals surface area contributed by atoms with Gasteiger partial charge in [0.1, 0.15) is 5.75 Å². The van der Waals surface area contributed by atoms with Crippen molar-refractivity contribution in [3.63, 3.8) is 0 Å². The Kier molecular flexibility index (Phi) is 3.11. The first kappa shape index (κ1) is 13.0. The lowest BCUT2D eigenvalue weighted by Crippen LogP contribution is -2.17. The molecule has 0 unspecified atom stereocenters. The van der Waals surface area contributed by atoms with E-state index in [2.05, 4.69) is 25.8 Å². The summed E-state index contributed by atoms with van der Waals surface area (Å²) in [5.41, 5.74) is 1.50. The van der Waals surface area contributed by atoms with Crippen molar-refractivity contribution in [1.82, 2.24) is 4.98 Å². The molecule has 0 aliphatic heterocycles. The number of aromatic amines is 1. The molecule has 1 N–H and O–H groups in total. The molecule has 0 aliphatic carbocycles. The average Bonchev–Trinajstić information content (AvgIpc) is 2.28. The van der Waals surface area contributed by atoms with Crippen LogP contribution in [-0.2, 0) is 5.41 Å². The van der Waals surface area contributed by atoms with E-state index in [1.807, 2.05) is 0 Å². The minimum absolute atomic E-state index is 0.0294. The van der Waals surface area contributed by atoms with E-state index in [0.717, 1.165) is 11.2 Å². The minimum Gasteiger partial charge on any atom is -0.495 e. The topological polar surface area (TPSA) is 42.1 Å². The number of benzene rings is 1. The molecule has 0 saturated heterocycles. The second-order valence-corrected chi connectivity index (χ2v) is 5.74. The fourth-order valence-corrected chi connectivity index (χ4v) is 2.05. The number of methoxy groups -OCH3 is 1. The van der Waals surface area contributed by atoms with Crippen LogP contribution in [0.1, 0.15) is 26.5 Å². The highest BCUT2D eigenvalue weighted by Gasteiger charge is 2.17. The van der Waals surface area contributed by atoms with Crippen LogP contribution in [0.4, 0.5) is 0 Å². The summed E-state index contributed by atoms with van der Waals surface area (Å²) in [7, 11) is 1.55. The van der Waals surface area contributed by atoms with Gasteiger partial charge in [0, 0.05) is 28.6 Å². The summed E-state index contributed by atoms with van der Waals surface area (Å²) in [6.07, 6.45) is 0. The number of aromatic nitrogens is 1. The smallest absolute Gasteiger partial charge is 0.189 e. The molecule has 18 heavy (non-hydrogen) atoms. The Morgan fingerprint density at radius 2 is 1.89 bits per heavy atom. The fourth-order valence-electron chi connectivity index (χ4n) is 1.81. The van der Waals surface area contributed by atoms with Gasteiger partial charge in [0.2, 0.25) is 0 Å². The molecule has 1 aromatic carbocycles. The molecule has 2 aromatic rings. The number of pyridine rings is 1. The van der Waals surface area contributed by atoms with E-state index in [0.29, 0.717) is 16.2 Å². The zero-order chi connectivity index (χ0) is 13.5. The number of fused-ring (bicyclic) bond motifs is 1. The molecular weight excluding hydrogens is 250 g/mol. The quantitative estimate of drug-likeness (QED) is 0.858. The van der Waals surface area contributed by atoms with Crippen LogP contribution in [0.5, 0.6) is 5.75 Å². The number of rotatable bonds is 1. The Morgan fingerprint density at radius 3 is 2.44 bits per heavy atom. The normalized spacial score (nSPS) is 11.8. The van der Waals surface area contributed by atoms with Crippen molar-refractivity contribution < 1.29 is 4.74 Å². The number of nitrogens with one attached hydrogen (secondary N) is 1. The van der Waals surface area contributed by atoms with Crippen LogP contribution in [-0.4, -0.2) is 12.1 Å². The first-order valence-corrected chi connectivity index (χ1v) is 6.12. The first-order valence-electron chi connectivity index (χ1n) is 5.74. The van der Waals surface area contributed by atoms with Gasteiger partial charge >= 0.3 is 0 Å². The molecule has 2 rings (SSSR count). The predicted molar refractivity (Wildman–Crippen MR) is 74.8 cm³/mol. The summed E-state index contributed by atoms with van der Waals surface area (Å²) >= 11 is 6.03. The first-order chi connectivity index (χ1) is 8.32. The van der Waals surface area contributed by atoms with Gasteiger partial charge in [-0.2, -0.15) is 0 Å². The molecule has 1 aromatic heterocycles. The van der Waals surface area contributed by atoms with Crippen molar-refractivity contribution in [1.29, 1.82) is 0 Å². The van der Waals surface area contributed by atoms with Gasteiger partial charge in [0.05, 0.1) is 17.6 Å². The second kappa shape index (κ2) is 4.32. The summed E-state index contributed by atoms with van der Waals surface area (Å²) in [4.78, 5) is 15.3. The van der Waals surface area contributed by atoms with Crippen molar-refractivity contribution >= 4 is 22.5 Å². The highest BCUT2D eigenvalue weighted by atomic mass is 35.5. The molecule has 0 aliphatic rings. The molecule has 0 saturated carbocycles. The highest BCUT2D eigenvalue weighted by molar-refractivity contribution is 6.32. The standard InChI is InChI=1S/C14H16ClNO2/c1-14(2,3)13-7-11(17)8-5-9(15)12(18-4)6-10(8)16-13/h5-7H,1-4H3,(H,16,17). The lowest BCUT2D eigenvalue weighted by molar-refractivity contribution is 0.415. The second-order valence-electron chi connectivity index (χ2n) is 5.33. The SMILES string of the molecule is COc1cc2[nH]c(C(C)(C)C)cc(=O)c2cc1Cl. The van der Waals surface area contributed by atoms with E-state index in [-0.39, 0.29) is 10.8 Å². The van der Waals surface area contributed by atoms with Gasteiger partial charge in [-0.25, -0.2) is 0 Å². The van der Waals surface area contributed by atoms with Crippen LogP contribution >= 0.6 is 11.6 Å². The summed E-state index contributed by atoms with van der Waals surface area (Å²) in [5, 5.41) is 1.02. The van der Waals surface area contributed by atoms with Crippen LogP contribution < -0.4 is 10.2 Å². The van der Waals surface area contributed by atoms with Gasteiger partial charge in [0.15, 0.2) is 5.43 Å². The molecule has 0 spiro atoms. The van der Waals surface area contributed by atoms with E-state index < -0.39 is 0 Å². The lowest BCUT2D eigenvalue weighted by Gasteiger charge is -2.19. The number of hydrogen-bond acceptors (Lipinski definition) is 2. The van der Waals surface area contributed by atoms with Crippen molar-refractivity contribution in [3.8, 4) is 5.75 Å². The fraction of sp³-hybridized carbons (Fsp3) is 0.357.